The van der Waals surface area contributed by atoms with Crippen LogP contribution >= 0.6 is 0 Å². The number of nitrogens with one attached hydrogen (secondary N) is 1. The van der Waals surface area contributed by atoms with Crippen LogP contribution in [0.1, 0.15) is 24.9 Å². The fourth-order valence-electron chi connectivity index (χ4n) is 3.56. The maximum atomic E-state index is 12.5. The Bertz CT molecular complexity index is 584. The third-order valence-electron chi connectivity index (χ3n) is 4.61. The van der Waals surface area contributed by atoms with Gasteiger partial charge in [0.1, 0.15) is 0 Å². The standard InChI is InChI=1S/C16H18N2O3/c1-9(10-4-6-17-7-5-10)18-15(19)13-11-2-3-12(8-11)14(13)16(20)21/h2-7,9,11-14H,8H2,1H3,(H,18,19)(H,20,21)/t9-,11+,12-,13-,14-/m0/s1. The number of allylic oxidation sites excluding steroid dienone is 2. The summed E-state index contributed by atoms with van der Waals surface area (Å²) in [6.07, 6.45) is 8.07. The molecule has 0 radical (unpaired) electrons. The Balaban J connectivity index is 1.73. The van der Waals surface area contributed by atoms with Gasteiger partial charge >= 0.3 is 5.97 Å². The molecule has 0 aromatic carbocycles. The number of carbonyl (C=O) groups is 2. The van der Waals surface area contributed by atoms with E-state index in [1.165, 1.54) is 0 Å². The molecule has 0 unspecified atom stereocenters. The molecule has 1 heterocycles. The van der Waals surface area contributed by atoms with E-state index in [4.69, 9.17) is 0 Å². The average Bonchev–Trinajstić information content (AvgIpc) is 3.08. The quantitative estimate of drug-likeness (QED) is 0.827. The van der Waals surface area contributed by atoms with E-state index in [2.05, 4.69) is 10.3 Å². The third kappa shape index (κ3) is 2.44. The van der Waals surface area contributed by atoms with Crippen LogP contribution in [0, 0.1) is 23.7 Å². The van der Waals surface area contributed by atoms with E-state index in [-0.39, 0.29) is 23.8 Å². The van der Waals surface area contributed by atoms with Gasteiger partial charge in [-0.05, 0) is 42.9 Å². The molecule has 5 heteroatoms. The molecule has 1 aromatic heterocycles. The summed E-state index contributed by atoms with van der Waals surface area (Å²) in [7, 11) is 0. The molecule has 2 aliphatic carbocycles. The summed E-state index contributed by atoms with van der Waals surface area (Å²) in [6.45, 7) is 1.89. The largest absolute Gasteiger partial charge is 0.481 e. The first-order chi connectivity index (χ1) is 10.1. The number of pyridine rings is 1. The van der Waals surface area contributed by atoms with E-state index in [1.807, 2.05) is 31.2 Å². The summed E-state index contributed by atoms with van der Waals surface area (Å²) in [5.74, 6) is -2.03. The number of carbonyl (C=O) groups excluding carboxylic acids is 1. The number of hydrogen-bond acceptors (Lipinski definition) is 3. The highest BCUT2D eigenvalue weighted by Crippen LogP contribution is 2.48. The lowest BCUT2D eigenvalue weighted by Crippen LogP contribution is -2.41. The Labute approximate surface area is 123 Å². The first-order valence-electron chi connectivity index (χ1n) is 7.19. The maximum Gasteiger partial charge on any atom is 0.307 e. The number of carboxylic acid groups (broad SMARTS) is 1. The van der Waals surface area contributed by atoms with Gasteiger partial charge in [-0.25, -0.2) is 0 Å². The molecule has 1 saturated carbocycles. The van der Waals surface area contributed by atoms with Gasteiger partial charge in [-0.3, -0.25) is 14.6 Å². The molecular weight excluding hydrogens is 268 g/mol. The highest BCUT2D eigenvalue weighted by atomic mass is 16.4. The van der Waals surface area contributed by atoms with Crippen LogP contribution in [0.3, 0.4) is 0 Å². The molecule has 2 N–H and O–H groups in total. The molecule has 0 saturated heterocycles. The van der Waals surface area contributed by atoms with E-state index < -0.39 is 17.8 Å². The number of nitrogens with zero attached hydrogens (tertiary/aromatic N) is 1. The molecule has 110 valence electrons. The van der Waals surface area contributed by atoms with Crippen molar-refractivity contribution >= 4 is 11.9 Å². The lowest BCUT2D eigenvalue weighted by Gasteiger charge is -2.25. The second-order valence-corrected chi connectivity index (χ2v) is 5.85. The average molecular weight is 286 g/mol. The predicted octanol–water partition coefficient (Wildman–Crippen LogP) is 1.78. The van der Waals surface area contributed by atoms with Crippen LogP contribution in [0.5, 0.6) is 0 Å². The summed E-state index contributed by atoms with van der Waals surface area (Å²) < 4.78 is 0. The van der Waals surface area contributed by atoms with Gasteiger partial charge in [0.25, 0.3) is 0 Å². The predicted molar refractivity (Wildman–Crippen MR) is 76.1 cm³/mol. The Morgan fingerprint density at radius 1 is 1.24 bits per heavy atom. The maximum absolute atomic E-state index is 12.5. The number of aliphatic carboxylic acids is 1. The van der Waals surface area contributed by atoms with Crippen LogP contribution in [0.4, 0.5) is 0 Å². The van der Waals surface area contributed by atoms with Gasteiger partial charge in [0.05, 0.1) is 17.9 Å². The Hall–Kier alpha value is -2.17. The second-order valence-electron chi connectivity index (χ2n) is 5.85. The Morgan fingerprint density at radius 3 is 2.48 bits per heavy atom. The van der Waals surface area contributed by atoms with E-state index in [0.29, 0.717) is 0 Å². The van der Waals surface area contributed by atoms with E-state index >= 15 is 0 Å². The van der Waals surface area contributed by atoms with Gasteiger partial charge in [0.15, 0.2) is 0 Å². The Morgan fingerprint density at radius 2 is 1.86 bits per heavy atom. The van der Waals surface area contributed by atoms with Crippen LogP contribution in [-0.2, 0) is 9.59 Å². The fourth-order valence-corrected chi connectivity index (χ4v) is 3.56. The number of amides is 1. The fraction of sp³-hybridized carbons (Fsp3) is 0.438. The zero-order valence-corrected chi connectivity index (χ0v) is 11.8. The molecule has 21 heavy (non-hydrogen) atoms. The molecule has 1 aromatic rings. The first kappa shape index (κ1) is 13.8. The minimum atomic E-state index is -0.872. The molecule has 0 spiro atoms. The zero-order chi connectivity index (χ0) is 15.0. The van der Waals surface area contributed by atoms with E-state index in [1.54, 1.807) is 12.4 Å². The van der Waals surface area contributed by atoms with Crippen LogP contribution in [0.15, 0.2) is 36.7 Å². The minimum absolute atomic E-state index is 0.000480. The van der Waals surface area contributed by atoms with Crippen molar-refractivity contribution in [2.24, 2.45) is 23.7 Å². The molecule has 1 amide bonds. The molecule has 5 atom stereocenters. The van der Waals surface area contributed by atoms with Crippen molar-refractivity contribution in [1.82, 2.24) is 10.3 Å². The number of carboxylic acids is 1. The molecule has 1 fully saturated rings. The molecular formula is C16H18N2O3. The summed E-state index contributed by atoms with van der Waals surface area (Å²) in [6, 6.07) is 3.54. The first-order valence-corrected chi connectivity index (χ1v) is 7.19. The van der Waals surface area contributed by atoms with Crippen LogP contribution in [-0.4, -0.2) is 22.0 Å². The summed E-state index contributed by atoms with van der Waals surface area (Å²) in [5, 5.41) is 12.3. The molecule has 2 aliphatic rings. The monoisotopic (exact) mass is 286 g/mol. The van der Waals surface area contributed by atoms with Crippen molar-refractivity contribution in [3.8, 4) is 0 Å². The highest BCUT2D eigenvalue weighted by Gasteiger charge is 2.51. The normalized spacial score (nSPS) is 31.1. The Kier molecular flexibility index (Phi) is 3.49. The van der Waals surface area contributed by atoms with E-state index in [0.717, 1.165) is 12.0 Å². The van der Waals surface area contributed by atoms with Crippen molar-refractivity contribution < 1.29 is 14.7 Å². The van der Waals surface area contributed by atoms with Gasteiger partial charge in [-0.15, -0.1) is 0 Å². The van der Waals surface area contributed by atoms with Crippen molar-refractivity contribution in [3.63, 3.8) is 0 Å². The van der Waals surface area contributed by atoms with Crippen molar-refractivity contribution in [1.29, 1.82) is 0 Å². The lowest BCUT2D eigenvalue weighted by atomic mass is 9.82. The van der Waals surface area contributed by atoms with Crippen LogP contribution in [0.25, 0.3) is 0 Å². The van der Waals surface area contributed by atoms with Crippen molar-refractivity contribution in [2.45, 2.75) is 19.4 Å². The van der Waals surface area contributed by atoms with Crippen molar-refractivity contribution in [2.75, 3.05) is 0 Å². The van der Waals surface area contributed by atoms with Gasteiger partial charge in [0, 0.05) is 12.4 Å². The summed E-state index contributed by atoms with van der Waals surface area (Å²) in [4.78, 5) is 27.9. The third-order valence-corrected chi connectivity index (χ3v) is 4.61. The summed E-state index contributed by atoms with van der Waals surface area (Å²) >= 11 is 0. The van der Waals surface area contributed by atoms with Crippen molar-refractivity contribution in [3.05, 3.63) is 42.2 Å². The molecule has 2 bridgehead atoms. The van der Waals surface area contributed by atoms with Gasteiger partial charge in [-0.1, -0.05) is 12.2 Å². The number of hydrogen-bond donors (Lipinski definition) is 2. The van der Waals surface area contributed by atoms with Crippen LogP contribution < -0.4 is 5.32 Å². The SMILES string of the molecule is C[C@H](NC(=O)[C@@H]1[C@@H](C(=O)O)[C@H]2C=C[C@@H]1C2)c1ccncc1. The smallest absolute Gasteiger partial charge is 0.307 e. The van der Waals surface area contributed by atoms with E-state index in [9.17, 15) is 14.7 Å². The summed E-state index contributed by atoms with van der Waals surface area (Å²) in [5.41, 5.74) is 0.962. The second kappa shape index (κ2) is 5.31. The number of fused-ring (bicyclic) bond motifs is 2. The van der Waals surface area contributed by atoms with Gasteiger partial charge < -0.3 is 10.4 Å². The van der Waals surface area contributed by atoms with Gasteiger partial charge in [0.2, 0.25) is 5.91 Å². The van der Waals surface area contributed by atoms with Gasteiger partial charge in [-0.2, -0.15) is 0 Å². The molecule has 0 aliphatic heterocycles. The lowest BCUT2D eigenvalue weighted by molar-refractivity contribution is -0.148. The number of aromatic nitrogens is 1. The molecule has 3 rings (SSSR count). The zero-order valence-electron chi connectivity index (χ0n) is 11.8. The van der Waals surface area contributed by atoms with Crippen LogP contribution in [0.2, 0.25) is 0 Å². The molecule has 5 nitrogen and oxygen atoms in total. The minimum Gasteiger partial charge on any atom is -0.481 e. The topological polar surface area (TPSA) is 79.3 Å². The highest BCUT2D eigenvalue weighted by molar-refractivity contribution is 5.87. The number of rotatable bonds is 4.